The normalized spacial score (nSPS) is 16.5. The number of aryl methyl sites for hydroxylation is 2. The summed E-state index contributed by atoms with van der Waals surface area (Å²) in [4.78, 5) is 107. The van der Waals surface area contributed by atoms with E-state index in [-0.39, 0.29) is 110 Å². The van der Waals surface area contributed by atoms with E-state index in [1.54, 1.807) is 48.3 Å². The molecule has 6 amide bonds. The first-order chi connectivity index (χ1) is 61.4. The summed E-state index contributed by atoms with van der Waals surface area (Å²) < 4.78 is 49.8. The Labute approximate surface area is 758 Å². The Hall–Kier alpha value is -13.0. The fraction of sp³-hybridized carbons (Fsp3) is 0.307. The van der Waals surface area contributed by atoms with E-state index in [4.69, 9.17) is 69.1 Å². The number of unbranched alkanes of at least 4 members (excludes halogenated alkanes) is 2. The molecule has 0 fully saturated rings. The van der Waals surface area contributed by atoms with Crippen LogP contribution >= 0.6 is 12.6 Å². The zero-order chi connectivity index (χ0) is 87.1. The predicted molar refractivity (Wildman–Crippen MR) is 512 cm³/mol. The number of nitrogens with one attached hydrogen (secondary N) is 2. The summed E-state index contributed by atoms with van der Waals surface area (Å²) in [5.41, 5.74) is 17.2. The Bertz CT molecular complexity index is 6090. The van der Waals surface area contributed by atoms with Crippen LogP contribution in [0.25, 0.3) is 0 Å². The maximum absolute atomic E-state index is 14.0. The fourth-order valence-corrected chi connectivity index (χ4v) is 18.0. The molecule has 1 unspecified atom stereocenters. The van der Waals surface area contributed by atoms with Crippen LogP contribution in [-0.2, 0) is 82.3 Å². The SMILES string of the molecule is C.C.COc1cc2c(cc1OCc1cc(COc3cc4c(cc3C)C(=O)N3c5ccccc5C[C@H]3C=N4)cc(OCCCCC(=O)NCCS(C)=S)c1)N=C[C@@H]1Cc3ccccc3N1C2=O.COc1cc2c(cc1OCc1cc(COc3cc4c(cc3C)C(=O)N3c5ccccc5C[C@H]3C=N4)cc(OCCCCC(=O)NCCS)c1)N=C[C@@H]1Cc3ccccc3N1C2=O. The Morgan fingerprint density at radius 1 is 0.406 bits per heavy atom. The molecule has 0 saturated carbocycles. The predicted octanol–water partition coefficient (Wildman–Crippen LogP) is 17.7. The van der Waals surface area contributed by atoms with E-state index in [9.17, 15) is 28.8 Å². The molecule has 0 saturated heterocycles. The van der Waals surface area contributed by atoms with E-state index in [2.05, 4.69) is 35.4 Å². The van der Waals surface area contributed by atoms with Crippen molar-refractivity contribution in [1.82, 2.24) is 10.6 Å². The molecule has 0 aromatic heterocycles. The monoisotopic (exact) mass is 1780 g/mol. The second-order valence-corrected chi connectivity index (χ2v) is 35.9. The van der Waals surface area contributed by atoms with Crippen LogP contribution < -0.4 is 68.1 Å². The third-order valence-electron chi connectivity index (χ3n) is 23.4. The van der Waals surface area contributed by atoms with Crippen LogP contribution in [0.1, 0.15) is 150 Å². The molecule has 0 radical (unpaired) electrons. The van der Waals surface area contributed by atoms with E-state index in [1.165, 1.54) is 0 Å². The minimum Gasteiger partial charge on any atom is -0.494 e. The molecular formula is C101H104N10O14S3. The van der Waals surface area contributed by atoms with Crippen molar-refractivity contribution in [2.75, 3.05) is 77.9 Å². The highest BCUT2D eigenvalue weighted by molar-refractivity contribution is 8.28. The van der Waals surface area contributed by atoms with Gasteiger partial charge in [0.15, 0.2) is 23.0 Å². The first-order valence-electron chi connectivity index (χ1n) is 42.4. The Morgan fingerprint density at radius 3 is 1.03 bits per heavy atom. The summed E-state index contributed by atoms with van der Waals surface area (Å²) in [6.45, 7) is 6.53. The third kappa shape index (κ3) is 19.6. The van der Waals surface area contributed by atoms with E-state index in [1.807, 2.05) is 200 Å². The van der Waals surface area contributed by atoms with Gasteiger partial charge >= 0.3 is 0 Å². The van der Waals surface area contributed by atoms with Crippen LogP contribution in [0.2, 0.25) is 0 Å². The van der Waals surface area contributed by atoms with Gasteiger partial charge in [0.2, 0.25) is 11.8 Å². The molecule has 24 nitrogen and oxygen atoms in total. The topological polar surface area (TPSA) is 263 Å². The first kappa shape index (κ1) is 89.8. The highest BCUT2D eigenvalue weighted by atomic mass is 32.8. The van der Waals surface area contributed by atoms with Gasteiger partial charge in [-0.15, -0.1) is 9.45 Å². The molecule has 10 aromatic carbocycles. The van der Waals surface area contributed by atoms with Crippen LogP contribution in [0.4, 0.5) is 45.5 Å². The van der Waals surface area contributed by atoms with E-state index in [0.29, 0.717) is 174 Å². The zero-order valence-corrected chi connectivity index (χ0v) is 73.2. The number of carbonyl (C=O) groups is 6. The molecule has 660 valence electrons. The summed E-state index contributed by atoms with van der Waals surface area (Å²) in [6, 6.07) is 57.3. The van der Waals surface area contributed by atoms with Gasteiger partial charge < -0.3 is 48.5 Å². The van der Waals surface area contributed by atoms with Gasteiger partial charge in [0.1, 0.15) is 49.4 Å². The summed E-state index contributed by atoms with van der Waals surface area (Å²) in [5, 5.41) is 5.79. The lowest BCUT2D eigenvalue weighted by Crippen LogP contribution is -2.37. The number of fused-ring (bicyclic) bond motifs is 16. The molecule has 8 aliphatic heterocycles. The molecule has 0 bridgehead atoms. The number of thiol groups is 1. The summed E-state index contributed by atoms with van der Waals surface area (Å²) in [5.74, 6) is 5.17. The smallest absolute Gasteiger partial charge is 0.261 e. The van der Waals surface area contributed by atoms with Crippen molar-refractivity contribution in [3.05, 3.63) is 260 Å². The highest BCUT2D eigenvalue weighted by Crippen LogP contribution is 2.46. The van der Waals surface area contributed by atoms with Crippen molar-refractivity contribution in [2.24, 2.45) is 20.0 Å². The lowest BCUT2D eigenvalue weighted by atomic mass is 10.1. The van der Waals surface area contributed by atoms with Crippen LogP contribution in [0.15, 0.2) is 202 Å². The number of aliphatic imine (C=N–C) groups is 4. The van der Waals surface area contributed by atoms with E-state index < -0.39 is 0 Å². The van der Waals surface area contributed by atoms with Crippen LogP contribution in [0, 0.1) is 13.8 Å². The summed E-state index contributed by atoms with van der Waals surface area (Å²) >= 11 is 9.38. The Kier molecular flexibility index (Phi) is 28.3. The van der Waals surface area contributed by atoms with Crippen LogP contribution in [-0.4, -0.2) is 143 Å². The molecule has 27 heteroatoms. The number of anilines is 4. The zero-order valence-electron chi connectivity index (χ0n) is 70.6. The number of para-hydroxylation sites is 4. The van der Waals surface area contributed by atoms with Gasteiger partial charge in [0.05, 0.1) is 96.6 Å². The average molecular weight is 1780 g/mol. The number of nitrogens with zero attached hydrogens (tertiary/aromatic N) is 8. The van der Waals surface area contributed by atoms with Crippen LogP contribution in [0.5, 0.6) is 46.0 Å². The number of carbonyl (C=O) groups excluding carboxylic acids is 6. The standard InChI is InChI=1S/C50H49N5O7S2.C49H47N5O7S.2CH4/c1-31-18-39-41(52-27-36-22-34-10-4-6-12-43(34)54(36)49(39)57)25-45(31)61-29-32-19-33(21-38(20-32)60-16-9-8-14-48(56)51-15-17-64(3)63)30-62-47-26-42-40(24-46(47)59-2)50(58)55-37(28-53-42)23-35-11-5-7-13-44(35)55;1-30-17-38-40(51-26-35-21-33-9-3-5-11-42(33)53(35)48(38)56)24-44(30)60-28-31-18-32(20-37(19-31)59-15-8-7-13-47(55)50-14-16-62)29-61-46-25-41-39(23-45(46)58-2)49(57)54-36(27-52-41)22-34-10-4-6-12-43(34)54;;/h4-7,10-13,18-21,24-28,36-37H,8-9,14-17,22-23,29-30H2,1-3H3,(H,51,56);3-6,9-12,17-20,23-27,35-36,62H,7-8,13-16,21-22,28-29H2,1-2H3,(H,50,55);2*1H4/t36-,37-,64?;35-,36-;;/m00../s1. The van der Waals surface area contributed by atoms with Crippen LogP contribution in [0.3, 0.4) is 0 Å². The van der Waals surface area contributed by atoms with E-state index >= 15 is 0 Å². The summed E-state index contributed by atoms with van der Waals surface area (Å²) in [6.07, 6.45) is 15.8. The van der Waals surface area contributed by atoms with E-state index in [0.717, 1.165) is 97.0 Å². The first-order valence-corrected chi connectivity index (χ1v) is 45.8. The average Bonchev–Trinajstić information content (AvgIpc) is 1.61. The van der Waals surface area contributed by atoms with Crippen molar-refractivity contribution in [3.63, 3.8) is 0 Å². The number of benzene rings is 10. The van der Waals surface area contributed by atoms with Gasteiger partial charge in [0.25, 0.3) is 23.6 Å². The fourth-order valence-electron chi connectivity index (χ4n) is 17.2. The number of hydrogen-bond donors (Lipinski definition) is 3. The number of ether oxygens (including phenoxy) is 8. The Balaban J connectivity index is 0.000000194. The molecule has 2 N–H and O–H groups in total. The van der Waals surface area contributed by atoms with Gasteiger partial charge in [-0.3, -0.25) is 68.3 Å². The minimum absolute atomic E-state index is 0. The highest BCUT2D eigenvalue weighted by Gasteiger charge is 2.41. The van der Waals surface area contributed by atoms with Crippen molar-refractivity contribution in [2.45, 2.75) is 144 Å². The molecule has 18 rings (SSSR count). The van der Waals surface area contributed by atoms with Crippen molar-refractivity contribution in [3.8, 4) is 46.0 Å². The molecule has 0 spiro atoms. The Morgan fingerprint density at radius 2 is 0.711 bits per heavy atom. The lowest BCUT2D eigenvalue weighted by Gasteiger charge is -2.22. The maximum atomic E-state index is 14.0. The van der Waals surface area contributed by atoms with Gasteiger partial charge in [-0.2, -0.15) is 12.6 Å². The largest absolute Gasteiger partial charge is 0.494 e. The second-order valence-electron chi connectivity index (χ2n) is 32.2. The van der Waals surface area contributed by atoms with Gasteiger partial charge in [-0.25, -0.2) is 0 Å². The molecule has 8 heterocycles. The number of amides is 6. The minimum atomic E-state index is -0.180. The quantitative estimate of drug-likeness (QED) is 0.0269. The van der Waals surface area contributed by atoms with Crippen molar-refractivity contribution in [1.29, 1.82) is 0 Å². The third-order valence-corrected chi connectivity index (χ3v) is 24.9. The number of hydrogen-bond acceptors (Lipinski definition) is 20. The molecule has 10 aromatic rings. The maximum Gasteiger partial charge on any atom is 0.261 e. The molecule has 0 aliphatic carbocycles. The van der Waals surface area contributed by atoms with Gasteiger partial charge in [0, 0.05) is 135 Å². The second kappa shape index (κ2) is 40.3. The molecule has 5 atom stereocenters. The van der Waals surface area contributed by atoms with Gasteiger partial charge in [-0.1, -0.05) is 98.8 Å². The summed E-state index contributed by atoms with van der Waals surface area (Å²) in [7, 11) is 2.97. The van der Waals surface area contributed by atoms with Crippen molar-refractivity contribution >= 4 is 139 Å². The van der Waals surface area contributed by atoms with Crippen molar-refractivity contribution < 1.29 is 66.7 Å². The van der Waals surface area contributed by atoms with Gasteiger partial charge in [-0.05, 0) is 186 Å². The number of rotatable bonds is 31. The molecule has 128 heavy (non-hydrogen) atoms. The lowest BCUT2D eigenvalue weighted by molar-refractivity contribution is -0.121. The molecule has 8 aliphatic rings. The number of methoxy groups -OCH3 is 2. The molecular weight excluding hydrogens is 1670 g/mol.